The highest BCUT2D eigenvalue weighted by molar-refractivity contribution is 6.67. The summed E-state index contributed by atoms with van der Waals surface area (Å²) in [6, 6.07) is 32.1. The number of nitrogens with zero attached hydrogens (tertiary/aromatic N) is 2. The largest absolute Gasteiger partial charge is 0.515 e. The average Bonchev–Trinajstić information content (AvgIpc) is 3.91. The Morgan fingerprint density at radius 3 is 1.49 bits per heavy atom. The van der Waals surface area contributed by atoms with Crippen molar-refractivity contribution in [3.05, 3.63) is 120 Å². The first-order valence-corrected chi connectivity index (χ1v) is 25.8. The van der Waals surface area contributed by atoms with Gasteiger partial charge in [-0.05, 0) is 219 Å². The number of piperidine rings is 2. The molecule has 0 atom stereocenters. The van der Waals surface area contributed by atoms with Crippen molar-refractivity contribution in [3.8, 4) is 41.9 Å². The minimum Gasteiger partial charge on any atom is -0.508 e. The van der Waals surface area contributed by atoms with Gasteiger partial charge in [0.1, 0.15) is 17.2 Å². The van der Waals surface area contributed by atoms with Crippen molar-refractivity contribution in [3.63, 3.8) is 0 Å². The first-order chi connectivity index (χ1) is 34.5. The standard InChI is InChI=1S/C16H19NO2.C8H7ClO2.C8H11N.C8H13N.C7H8O.C4H8O.C3Cl6O3/c1-3-5-14-8-10-17(11-9-14)16(18)19-15-7-4-6-13(2)12-15;1-6-3-2-4-7(5-6)11-8(9)10;1-9(2)8-6-4-3-5-7-8;1-2-3-8-4-6-9-7-5-8;1-6-3-2-4-7(8)5-6;1-2-4-5-3-1;4-2(5,6)11-1(10)12-3(7,8)9/h1,4,6-7,12,14H,5,8-11H2,2H3;2-5H,1H3;3-7H,1-2H3;1,8-9H,3-7H2;2-5,8H,1H3;1-4H2;. The number of hydrogen-bond donors (Lipinski definition) is 2. The third-order valence-electron chi connectivity index (χ3n) is 10.0. The third kappa shape index (κ3) is 37.0. The van der Waals surface area contributed by atoms with Gasteiger partial charge in [0.15, 0.2) is 0 Å². The number of rotatable bonds is 5. The predicted molar refractivity (Wildman–Crippen MR) is 299 cm³/mol. The number of terminal acetylenes is 2. The van der Waals surface area contributed by atoms with Crippen LogP contribution in [0.25, 0.3) is 0 Å². The molecule has 73 heavy (non-hydrogen) atoms. The van der Waals surface area contributed by atoms with Crippen LogP contribution in [0.15, 0.2) is 103 Å². The summed E-state index contributed by atoms with van der Waals surface area (Å²) in [6.45, 7) is 11.6. The molecule has 0 bridgehead atoms. The van der Waals surface area contributed by atoms with Crippen LogP contribution in [-0.4, -0.2) is 89.1 Å². The van der Waals surface area contributed by atoms with Crippen LogP contribution >= 0.6 is 81.2 Å². The lowest BCUT2D eigenvalue weighted by Gasteiger charge is -2.30. The van der Waals surface area contributed by atoms with Crippen LogP contribution in [0.5, 0.6) is 17.2 Å². The first kappa shape index (κ1) is 66.6. The summed E-state index contributed by atoms with van der Waals surface area (Å²) in [5.74, 6) is 8.18. The fraction of sp³-hybridized carbons (Fsp3) is 0.426. The van der Waals surface area contributed by atoms with Crippen LogP contribution in [-0.2, 0) is 14.2 Å². The maximum Gasteiger partial charge on any atom is 0.515 e. The van der Waals surface area contributed by atoms with E-state index in [0.29, 0.717) is 23.2 Å². The molecule has 3 aliphatic rings. The molecule has 0 aromatic heterocycles. The van der Waals surface area contributed by atoms with E-state index in [9.17, 15) is 14.4 Å². The van der Waals surface area contributed by atoms with Crippen LogP contribution in [0.3, 0.4) is 0 Å². The van der Waals surface area contributed by atoms with Crippen molar-refractivity contribution in [2.75, 3.05) is 58.4 Å². The number of anilines is 1. The zero-order valence-electron chi connectivity index (χ0n) is 41.8. The van der Waals surface area contributed by atoms with Gasteiger partial charge in [0.25, 0.3) is 0 Å². The number of benzene rings is 4. The van der Waals surface area contributed by atoms with Gasteiger partial charge in [-0.25, -0.2) is 14.4 Å². The van der Waals surface area contributed by atoms with Crippen molar-refractivity contribution in [2.24, 2.45) is 11.8 Å². The third-order valence-corrected chi connectivity index (χ3v) is 10.6. The number of carbonyl (C=O) groups excluding carboxylic acids is 3. The highest BCUT2D eigenvalue weighted by Gasteiger charge is 2.32. The smallest absolute Gasteiger partial charge is 0.508 e. The van der Waals surface area contributed by atoms with E-state index in [0.717, 1.165) is 87.7 Å². The molecule has 0 spiro atoms. The maximum atomic E-state index is 12.0. The fourth-order valence-electron chi connectivity index (χ4n) is 6.43. The second-order valence-electron chi connectivity index (χ2n) is 16.5. The Bertz CT molecular complexity index is 2210. The normalized spacial score (nSPS) is 14.0. The molecule has 0 saturated carbocycles. The summed E-state index contributed by atoms with van der Waals surface area (Å²) in [5, 5.41) is 12.1. The minimum atomic E-state index is -2.24. The van der Waals surface area contributed by atoms with Crippen LogP contribution in [0.4, 0.5) is 20.1 Å². The molecule has 19 heteroatoms. The van der Waals surface area contributed by atoms with E-state index in [1.165, 1.54) is 31.4 Å². The number of carbonyl (C=O) groups is 3. The number of hydrogen-bond acceptors (Lipinski definition) is 11. The molecule has 3 fully saturated rings. The lowest BCUT2D eigenvalue weighted by molar-refractivity contribution is 0.0508. The zero-order chi connectivity index (χ0) is 54.7. The first-order valence-electron chi connectivity index (χ1n) is 23.2. The van der Waals surface area contributed by atoms with Crippen molar-refractivity contribution in [1.82, 2.24) is 10.2 Å². The Morgan fingerprint density at radius 1 is 0.685 bits per heavy atom. The molecule has 1 amide bonds. The second kappa shape index (κ2) is 38.2. The Hall–Kier alpha value is -4.44. The van der Waals surface area contributed by atoms with E-state index >= 15 is 0 Å². The van der Waals surface area contributed by atoms with Crippen molar-refractivity contribution < 1.29 is 43.2 Å². The number of aromatic hydroxyl groups is 1. The van der Waals surface area contributed by atoms with Gasteiger partial charge in [-0.3, -0.25) is 0 Å². The molecular formula is C54H66Cl7N3O9. The van der Waals surface area contributed by atoms with Gasteiger partial charge in [-0.15, -0.1) is 24.7 Å². The summed E-state index contributed by atoms with van der Waals surface area (Å²) in [6.07, 6.45) is 17.6. The number of phenolic OH excluding ortho intramolecular Hbond substituents is 1. The molecule has 12 nitrogen and oxygen atoms in total. The van der Waals surface area contributed by atoms with Gasteiger partial charge in [-0.2, -0.15) is 0 Å². The number of ether oxygens (including phenoxy) is 5. The SMILES string of the molecule is C#CCC1CCN(C(=O)Oc2cccc(C)c2)CC1.C#CCC1CCNCC1.C1CCOC1.CN(C)c1ccccc1.Cc1cccc(O)c1.Cc1cccc(OC(=O)Cl)c1.O=C(OC(Cl)(Cl)Cl)OC(Cl)(Cl)Cl. The lowest BCUT2D eigenvalue weighted by atomic mass is 9.94. The molecule has 0 radical (unpaired) electrons. The van der Waals surface area contributed by atoms with E-state index in [1.807, 2.05) is 89.5 Å². The predicted octanol–water partition coefficient (Wildman–Crippen LogP) is 15.0. The molecule has 0 aliphatic carbocycles. The highest BCUT2D eigenvalue weighted by Crippen LogP contribution is 2.32. The van der Waals surface area contributed by atoms with Crippen molar-refractivity contribution in [1.29, 1.82) is 0 Å². The number of aryl methyl sites for hydroxylation is 3. The van der Waals surface area contributed by atoms with Crippen LogP contribution in [0.1, 0.15) is 68.1 Å². The van der Waals surface area contributed by atoms with Crippen LogP contribution < -0.4 is 19.7 Å². The number of alkyl halides is 6. The summed E-state index contributed by atoms with van der Waals surface area (Å²) in [4.78, 5) is 36.6. The van der Waals surface area contributed by atoms with Crippen molar-refractivity contribution >= 4 is 105 Å². The van der Waals surface area contributed by atoms with Gasteiger partial charge >= 0.3 is 25.6 Å². The van der Waals surface area contributed by atoms with Crippen LogP contribution in [0, 0.1) is 57.3 Å². The molecule has 3 heterocycles. The van der Waals surface area contributed by atoms with Crippen LogP contribution in [0.2, 0.25) is 0 Å². The quantitative estimate of drug-likeness (QED) is 0.0855. The molecule has 2 N–H and O–H groups in total. The number of amides is 1. The Labute approximate surface area is 467 Å². The van der Waals surface area contributed by atoms with Gasteiger partial charge < -0.3 is 43.9 Å². The van der Waals surface area contributed by atoms with Gasteiger partial charge in [0.2, 0.25) is 0 Å². The van der Waals surface area contributed by atoms with Crippen molar-refractivity contribution in [2.45, 2.75) is 80.1 Å². The van der Waals surface area contributed by atoms with Gasteiger partial charge in [-0.1, -0.05) is 54.6 Å². The van der Waals surface area contributed by atoms with Gasteiger partial charge in [0.05, 0.1) is 0 Å². The molecule has 7 rings (SSSR count). The Kier molecular flexibility index (Phi) is 34.8. The molecule has 4 aromatic carbocycles. The van der Waals surface area contributed by atoms with E-state index in [1.54, 1.807) is 41.3 Å². The summed E-state index contributed by atoms with van der Waals surface area (Å²) in [7, 11) is 4.07. The molecule has 3 aliphatic heterocycles. The molecule has 4 aromatic rings. The summed E-state index contributed by atoms with van der Waals surface area (Å²) in [5.41, 5.74) is 3.64. The number of phenols is 1. The lowest BCUT2D eigenvalue weighted by Crippen LogP contribution is -2.40. The molecule has 400 valence electrons. The topological polar surface area (TPSA) is 136 Å². The maximum absolute atomic E-state index is 12.0. The summed E-state index contributed by atoms with van der Waals surface area (Å²) >= 11 is 35.2. The fourth-order valence-corrected chi connectivity index (χ4v) is 6.90. The number of halogens is 7. The van der Waals surface area contributed by atoms with Gasteiger partial charge in [0, 0.05) is 70.5 Å². The van der Waals surface area contributed by atoms with E-state index < -0.39 is 19.5 Å². The Morgan fingerprint density at radius 2 is 1.14 bits per heavy atom. The number of likely N-dealkylation sites (tertiary alicyclic amines) is 1. The minimum absolute atomic E-state index is 0.259. The monoisotopic (exact) mass is 1150 g/mol. The number of nitrogens with one attached hydrogen (secondary N) is 1. The Balaban J connectivity index is 0.000000440. The summed E-state index contributed by atoms with van der Waals surface area (Å²) < 4.78 is 18.4. The van der Waals surface area contributed by atoms with E-state index in [-0.39, 0.29) is 6.09 Å². The zero-order valence-corrected chi connectivity index (χ0v) is 47.1. The molecule has 3 saturated heterocycles. The number of para-hydroxylation sites is 1. The average molecular weight is 1150 g/mol. The highest BCUT2D eigenvalue weighted by atomic mass is 35.6. The van der Waals surface area contributed by atoms with E-state index in [2.05, 4.69) is 48.4 Å². The second-order valence-corrected chi connectivity index (χ2v) is 21.2. The molecular weight excluding hydrogens is 1080 g/mol. The molecule has 0 unspecified atom stereocenters. The van der Waals surface area contributed by atoms with E-state index in [4.69, 9.17) is 109 Å².